The first kappa shape index (κ1) is 9.86. The predicted molar refractivity (Wildman–Crippen MR) is 59.8 cm³/mol. The lowest BCUT2D eigenvalue weighted by Crippen LogP contribution is -2.02. The predicted octanol–water partition coefficient (Wildman–Crippen LogP) is 2.27. The normalized spacial score (nSPS) is 10.5. The van der Waals surface area contributed by atoms with E-state index in [9.17, 15) is 9.59 Å². The fourth-order valence-corrected chi connectivity index (χ4v) is 2.16. The van der Waals surface area contributed by atoms with Crippen LogP contribution in [0.25, 0.3) is 10.8 Å². The summed E-state index contributed by atoms with van der Waals surface area (Å²) in [6.45, 7) is 1.90. The molecule has 0 saturated carbocycles. The second-order valence-electron chi connectivity index (χ2n) is 3.29. The molecule has 0 saturated heterocycles. The van der Waals surface area contributed by atoms with Crippen LogP contribution in [-0.4, -0.2) is 11.1 Å². The van der Waals surface area contributed by atoms with E-state index in [0.717, 1.165) is 16.9 Å². The summed E-state index contributed by atoms with van der Waals surface area (Å²) >= 11 is 0.769. The Kier molecular flexibility index (Phi) is 2.28. The van der Waals surface area contributed by atoms with Crippen molar-refractivity contribution >= 4 is 28.1 Å². The topological polar surface area (TPSA) is 54.4 Å². The summed E-state index contributed by atoms with van der Waals surface area (Å²) in [6, 6.07) is 6.94. The number of benzene rings is 1. The summed E-state index contributed by atoms with van der Waals surface area (Å²) in [5.41, 5.74) is 0.995. The van der Waals surface area contributed by atoms with Crippen LogP contribution < -0.4 is 4.74 Å². The minimum absolute atomic E-state index is 0.0800. The zero-order valence-electron chi connectivity index (χ0n) is 7.98. The van der Waals surface area contributed by atoms with Gasteiger partial charge in [-0.3, -0.25) is 4.79 Å². The fourth-order valence-electron chi connectivity index (χ4n) is 1.40. The van der Waals surface area contributed by atoms with E-state index in [1.165, 1.54) is 6.07 Å². The van der Waals surface area contributed by atoms with Gasteiger partial charge in [-0.15, -0.1) is 0 Å². The van der Waals surface area contributed by atoms with Gasteiger partial charge in [0.05, 0.1) is 0 Å². The van der Waals surface area contributed by atoms with E-state index in [1.54, 1.807) is 12.1 Å². The number of carbonyl (C=O) groups is 1. The Hall–Kier alpha value is -1.68. The van der Waals surface area contributed by atoms with Gasteiger partial charge in [0.2, 0.25) is 4.74 Å². The average Bonchev–Trinajstić information content (AvgIpc) is 2.18. The second kappa shape index (κ2) is 3.47. The quantitative estimate of drug-likeness (QED) is 0.802. The van der Waals surface area contributed by atoms with Crippen molar-refractivity contribution in [2.45, 2.75) is 6.92 Å². The number of carboxylic acids is 1. The van der Waals surface area contributed by atoms with Gasteiger partial charge in [-0.1, -0.05) is 29.0 Å². The molecule has 2 aromatic rings. The molecule has 0 fully saturated rings. The summed E-state index contributed by atoms with van der Waals surface area (Å²) in [4.78, 5) is 22.4. The smallest absolute Gasteiger partial charge is 0.346 e. The highest BCUT2D eigenvalue weighted by Crippen LogP contribution is 2.16. The van der Waals surface area contributed by atoms with Gasteiger partial charge in [-0.05, 0) is 24.4 Å². The maximum absolute atomic E-state index is 11.6. The zero-order chi connectivity index (χ0) is 11.0. The van der Waals surface area contributed by atoms with Crippen molar-refractivity contribution in [3.8, 4) is 0 Å². The lowest BCUT2D eigenvalue weighted by atomic mass is 10.1. The number of fused-ring (bicyclic) bond motifs is 1. The highest BCUT2D eigenvalue weighted by molar-refractivity contribution is 7.11. The number of carboxylic acid groups (broad SMARTS) is 1. The molecule has 0 unspecified atom stereocenters. The Labute approximate surface area is 89.6 Å². The lowest BCUT2D eigenvalue weighted by molar-refractivity contribution is 0.0702. The molecule has 76 valence electrons. The molecule has 15 heavy (non-hydrogen) atoms. The van der Waals surface area contributed by atoms with Crippen LogP contribution in [0.5, 0.6) is 0 Å². The van der Waals surface area contributed by atoms with E-state index in [1.807, 2.05) is 13.0 Å². The van der Waals surface area contributed by atoms with E-state index in [4.69, 9.17) is 5.11 Å². The molecule has 1 aromatic carbocycles. The molecule has 1 aromatic heterocycles. The molecule has 2 rings (SSSR count). The largest absolute Gasteiger partial charge is 0.477 e. The minimum Gasteiger partial charge on any atom is -0.477 e. The maximum Gasteiger partial charge on any atom is 0.346 e. The third-order valence-corrected chi connectivity index (χ3v) is 3.05. The van der Waals surface area contributed by atoms with E-state index < -0.39 is 5.97 Å². The van der Waals surface area contributed by atoms with E-state index in [-0.39, 0.29) is 9.62 Å². The summed E-state index contributed by atoms with van der Waals surface area (Å²) in [5.74, 6) is -1.06. The van der Waals surface area contributed by atoms with Gasteiger partial charge in [0, 0.05) is 5.39 Å². The number of hydrogen-bond donors (Lipinski definition) is 1. The molecule has 0 aliphatic carbocycles. The van der Waals surface area contributed by atoms with Gasteiger partial charge >= 0.3 is 5.97 Å². The number of rotatable bonds is 1. The summed E-state index contributed by atoms with van der Waals surface area (Å²) in [7, 11) is 0. The Balaban J connectivity index is 2.84. The first-order valence-corrected chi connectivity index (χ1v) is 5.17. The van der Waals surface area contributed by atoms with Crippen molar-refractivity contribution in [1.82, 2.24) is 0 Å². The molecule has 3 nitrogen and oxygen atoms in total. The Bertz CT molecular complexity index is 598. The molecule has 0 radical (unpaired) electrons. The third kappa shape index (κ3) is 1.76. The monoisotopic (exact) mass is 220 g/mol. The van der Waals surface area contributed by atoms with Crippen LogP contribution in [-0.2, 0) is 0 Å². The van der Waals surface area contributed by atoms with E-state index in [0.29, 0.717) is 10.8 Å². The first-order valence-electron chi connectivity index (χ1n) is 4.36. The highest BCUT2D eigenvalue weighted by Gasteiger charge is 2.08. The van der Waals surface area contributed by atoms with Crippen LogP contribution in [0, 0.1) is 6.92 Å². The molecule has 0 aliphatic heterocycles. The van der Waals surface area contributed by atoms with Gasteiger partial charge in [-0.25, -0.2) is 4.79 Å². The maximum atomic E-state index is 11.6. The molecular weight excluding hydrogens is 212 g/mol. The molecule has 0 spiro atoms. The van der Waals surface area contributed by atoms with Crippen LogP contribution in [0.2, 0.25) is 0 Å². The lowest BCUT2D eigenvalue weighted by Gasteiger charge is -1.99. The molecular formula is C11H8O3S. The summed E-state index contributed by atoms with van der Waals surface area (Å²) in [5, 5.41) is 10.1. The SMILES string of the molecule is Cc1ccc2cc(C(=O)O)sc(=O)c2c1. The van der Waals surface area contributed by atoms with Crippen molar-refractivity contribution < 1.29 is 9.90 Å². The Morgan fingerprint density at radius 1 is 1.33 bits per heavy atom. The van der Waals surface area contributed by atoms with Crippen LogP contribution in [0.15, 0.2) is 29.1 Å². The van der Waals surface area contributed by atoms with Crippen molar-refractivity contribution in [2.24, 2.45) is 0 Å². The second-order valence-corrected chi connectivity index (χ2v) is 4.31. The van der Waals surface area contributed by atoms with Crippen LogP contribution >= 0.6 is 11.3 Å². The number of aryl methyl sites for hydroxylation is 1. The third-order valence-electron chi connectivity index (χ3n) is 2.13. The standard InChI is InChI=1S/C11H8O3S/c1-6-2-3-7-5-9(10(12)13)15-11(14)8(7)4-6/h2-5H,1H3,(H,12,13). The van der Waals surface area contributed by atoms with E-state index in [2.05, 4.69) is 0 Å². The van der Waals surface area contributed by atoms with Gasteiger partial charge in [0.1, 0.15) is 4.88 Å². The van der Waals surface area contributed by atoms with Gasteiger partial charge in [0.15, 0.2) is 0 Å². The van der Waals surface area contributed by atoms with Gasteiger partial charge in [-0.2, -0.15) is 0 Å². The Morgan fingerprint density at radius 2 is 2.07 bits per heavy atom. The highest BCUT2D eigenvalue weighted by atomic mass is 32.1. The molecule has 4 heteroatoms. The summed E-state index contributed by atoms with van der Waals surface area (Å²) < 4.78 is -0.200. The van der Waals surface area contributed by atoms with Crippen LogP contribution in [0.4, 0.5) is 0 Å². The zero-order valence-corrected chi connectivity index (χ0v) is 8.80. The summed E-state index contributed by atoms with van der Waals surface area (Å²) in [6.07, 6.45) is 0. The van der Waals surface area contributed by atoms with Gasteiger partial charge in [0.25, 0.3) is 0 Å². The molecule has 0 aliphatic rings. The van der Waals surface area contributed by atoms with Gasteiger partial charge < -0.3 is 5.11 Å². The van der Waals surface area contributed by atoms with Crippen LogP contribution in [0.3, 0.4) is 0 Å². The van der Waals surface area contributed by atoms with Crippen molar-refractivity contribution in [1.29, 1.82) is 0 Å². The first-order chi connectivity index (χ1) is 7.08. The van der Waals surface area contributed by atoms with Crippen LogP contribution in [0.1, 0.15) is 15.2 Å². The molecule has 0 atom stereocenters. The Morgan fingerprint density at radius 3 is 2.73 bits per heavy atom. The molecule has 0 bridgehead atoms. The van der Waals surface area contributed by atoms with Crippen molar-refractivity contribution in [2.75, 3.05) is 0 Å². The fraction of sp³-hybridized carbons (Fsp3) is 0.0909. The van der Waals surface area contributed by atoms with Crippen molar-refractivity contribution in [3.63, 3.8) is 0 Å². The average molecular weight is 220 g/mol. The minimum atomic E-state index is -1.06. The number of hydrogen-bond acceptors (Lipinski definition) is 3. The number of aromatic carboxylic acids is 1. The molecule has 1 N–H and O–H groups in total. The van der Waals surface area contributed by atoms with Crippen molar-refractivity contribution in [3.05, 3.63) is 44.2 Å². The van der Waals surface area contributed by atoms with E-state index >= 15 is 0 Å². The molecule has 0 amide bonds. The molecule has 1 heterocycles.